The fourth-order valence-electron chi connectivity index (χ4n) is 6.05. The molecule has 5 aromatic carbocycles. The van der Waals surface area contributed by atoms with E-state index < -0.39 is 0 Å². The molecule has 6 aromatic rings. The molecule has 7 rings (SSSR count). The Morgan fingerprint density at radius 3 is 1.71 bits per heavy atom. The van der Waals surface area contributed by atoms with Crippen LogP contribution in [-0.4, -0.2) is 9.97 Å². The second kappa shape index (κ2) is 9.70. The number of aromatic nitrogens is 2. The molecule has 0 amide bonds. The van der Waals surface area contributed by atoms with Crippen LogP contribution in [0, 0.1) is 11.3 Å². The second-order valence-electron chi connectivity index (χ2n) is 11.0. The quantitative estimate of drug-likeness (QED) is 0.230. The Morgan fingerprint density at radius 2 is 1.07 bits per heavy atom. The lowest BCUT2D eigenvalue weighted by Crippen LogP contribution is -2.14. The third-order valence-corrected chi connectivity index (χ3v) is 8.17. The molecule has 1 heterocycles. The minimum absolute atomic E-state index is 0.171. The van der Waals surface area contributed by atoms with E-state index in [9.17, 15) is 5.26 Å². The van der Waals surface area contributed by atoms with Crippen molar-refractivity contribution in [3.05, 3.63) is 144 Å². The van der Waals surface area contributed by atoms with Gasteiger partial charge in [-0.25, -0.2) is 9.97 Å². The molecule has 194 valence electrons. The molecule has 0 N–H and O–H groups in total. The van der Waals surface area contributed by atoms with Gasteiger partial charge in [-0.15, -0.1) is 0 Å². The monoisotopic (exact) mass is 525 g/mol. The van der Waals surface area contributed by atoms with Gasteiger partial charge in [-0.05, 0) is 39.9 Å². The van der Waals surface area contributed by atoms with Crippen molar-refractivity contribution in [1.82, 2.24) is 9.97 Å². The van der Waals surface area contributed by atoms with Crippen molar-refractivity contribution in [3.63, 3.8) is 0 Å². The fourth-order valence-corrected chi connectivity index (χ4v) is 6.05. The van der Waals surface area contributed by atoms with Crippen LogP contribution in [0.4, 0.5) is 0 Å². The number of rotatable bonds is 4. The average Bonchev–Trinajstić information content (AvgIpc) is 3.28. The number of benzene rings is 5. The Morgan fingerprint density at radius 1 is 0.537 bits per heavy atom. The molecular formula is C38H27N3. The Balaban J connectivity index is 1.35. The molecule has 0 aliphatic heterocycles. The van der Waals surface area contributed by atoms with Crippen LogP contribution in [0.1, 0.15) is 30.5 Å². The van der Waals surface area contributed by atoms with Crippen LogP contribution < -0.4 is 0 Å². The van der Waals surface area contributed by atoms with Crippen LogP contribution in [0.2, 0.25) is 0 Å². The summed E-state index contributed by atoms with van der Waals surface area (Å²) < 4.78 is 0. The molecular weight excluding hydrogens is 498 g/mol. The molecule has 0 saturated carbocycles. The molecule has 1 aliphatic carbocycles. The molecule has 1 aromatic heterocycles. The van der Waals surface area contributed by atoms with Crippen molar-refractivity contribution < 1.29 is 0 Å². The van der Waals surface area contributed by atoms with Gasteiger partial charge in [0, 0.05) is 27.7 Å². The van der Waals surface area contributed by atoms with Crippen LogP contribution in [-0.2, 0) is 5.41 Å². The maximum atomic E-state index is 9.97. The van der Waals surface area contributed by atoms with Crippen molar-refractivity contribution in [2.75, 3.05) is 0 Å². The number of fused-ring (bicyclic) bond motifs is 3. The zero-order valence-electron chi connectivity index (χ0n) is 23.0. The van der Waals surface area contributed by atoms with Crippen molar-refractivity contribution in [3.8, 4) is 62.2 Å². The Hall–Kier alpha value is -5.33. The van der Waals surface area contributed by atoms with Gasteiger partial charge in [0.15, 0.2) is 5.82 Å². The van der Waals surface area contributed by atoms with Gasteiger partial charge >= 0.3 is 0 Å². The first-order valence-corrected chi connectivity index (χ1v) is 13.8. The summed E-state index contributed by atoms with van der Waals surface area (Å²) in [5.74, 6) is 0.703. The van der Waals surface area contributed by atoms with E-state index in [4.69, 9.17) is 9.97 Å². The van der Waals surface area contributed by atoms with E-state index in [-0.39, 0.29) is 5.41 Å². The molecule has 3 heteroatoms. The van der Waals surface area contributed by atoms with Gasteiger partial charge in [-0.2, -0.15) is 5.26 Å². The van der Waals surface area contributed by atoms with Gasteiger partial charge in [0.25, 0.3) is 0 Å². The lowest BCUT2D eigenvalue weighted by molar-refractivity contribution is 0.660. The Labute approximate surface area is 240 Å². The van der Waals surface area contributed by atoms with E-state index in [1.807, 2.05) is 60.7 Å². The van der Waals surface area contributed by atoms with Crippen LogP contribution in [0.15, 0.2) is 127 Å². The molecule has 0 radical (unpaired) electrons. The minimum atomic E-state index is -0.171. The predicted molar refractivity (Wildman–Crippen MR) is 166 cm³/mol. The second-order valence-corrected chi connectivity index (χ2v) is 11.0. The summed E-state index contributed by atoms with van der Waals surface area (Å²) in [6, 6.07) is 46.0. The summed E-state index contributed by atoms with van der Waals surface area (Å²) in [5.41, 5.74) is 12.3. The molecule has 0 unspecified atom stereocenters. The average molecular weight is 526 g/mol. The van der Waals surface area contributed by atoms with Gasteiger partial charge in [0.1, 0.15) is 0 Å². The van der Waals surface area contributed by atoms with Gasteiger partial charge in [-0.1, -0.05) is 129 Å². The topological polar surface area (TPSA) is 49.6 Å². The van der Waals surface area contributed by atoms with Crippen molar-refractivity contribution in [1.29, 1.82) is 5.26 Å². The van der Waals surface area contributed by atoms with Crippen LogP contribution in [0.5, 0.6) is 0 Å². The van der Waals surface area contributed by atoms with E-state index in [0.717, 1.165) is 55.9 Å². The predicted octanol–water partition coefficient (Wildman–Crippen LogP) is 9.32. The summed E-state index contributed by atoms with van der Waals surface area (Å²) in [6.07, 6.45) is 0. The van der Waals surface area contributed by atoms with E-state index >= 15 is 0 Å². The van der Waals surface area contributed by atoms with E-state index in [2.05, 4.69) is 86.6 Å². The summed E-state index contributed by atoms with van der Waals surface area (Å²) in [7, 11) is 0. The first-order chi connectivity index (χ1) is 20.0. The number of hydrogen-bond acceptors (Lipinski definition) is 3. The maximum absolute atomic E-state index is 9.97. The highest BCUT2D eigenvalue weighted by molar-refractivity contribution is 5.95. The minimum Gasteiger partial charge on any atom is -0.228 e. The summed E-state index contributed by atoms with van der Waals surface area (Å²) in [5, 5.41) is 9.97. The summed E-state index contributed by atoms with van der Waals surface area (Å²) >= 11 is 0. The smallest absolute Gasteiger partial charge is 0.160 e. The van der Waals surface area contributed by atoms with Crippen molar-refractivity contribution in [2.24, 2.45) is 0 Å². The zero-order valence-corrected chi connectivity index (χ0v) is 23.0. The first kappa shape index (κ1) is 24.7. The Bertz CT molecular complexity index is 1890. The number of nitrogens with zero attached hydrogens (tertiary/aromatic N) is 3. The third-order valence-electron chi connectivity index (χ3n) is 8.17. The normalized spacial score (nSPS) is 12.8. The largest absolute Gasteiger partial charge is 0.228 e. The van der Waals surface area contributed by atoms with Crippen LogP contribution in [0.25, 0.3) is 56.2 Å². The SMILES string of the molecule is CC1(C)c2cccc(C#N)c2-c2c(-c3ccc(-c4cc(-c5ccccc5)nc(-c5ccccc5)n4)cc3)cccc21. The molecule has 1 aliphatic rings. The van der Waals surface area contributed by atoms with Gasteiger partial charge in [0.05, 0.1) is 23.0 Å². The molecule has 0 atom stereocenters. The van der Waals surface area contributed by atoms with E-state index in [1.165, 1.54) is 11.1 Å². The highest BCUT2D eigenvalue weighted by Crippen LogP contribution is 2.53. The number of hydrogen-bond donors (Lipinski definition) is 0. The lowest BCUT2D eigenvalue weighted by Gasteiger charge is -2.21. The lowest BCUT2D eigenvalue weighted by atomic mass is 9.82. The van der Waals surface area contributed by atoms with Crippen LogP contribution in [0.3, 0.4) is 0 Å². The molecule has 0 bridgehead atoms. The molecule has 41 heavy (non-hydrogen) atoms. The maximum Gasteiger partial charge on any atom is 0.160 e. The van der Waals surface area contributed by atoms with Gasteiger partial charge in [-0.3, -0.25) is 0 Å². The molecule has 0 fully saturated rings. The fraction of sp³-hybridized carbons (Fsp3) is 0.0789. The van der Waals surface area contributed by atoms with Crippen molar-refractivity contribution in [2.45, 2.75) is 19.3 Å². The van der Waals surface area contributed by atoms with Crippen molar-refractivity contribution >= 4 is 0 Å². The number of nitriles is 1. The molecule has 0 spiro atoms. The third kappa shape index (κ3) is 4.13. The van der Waals surface area contributed by atoms with Gasteiger partial charge < -0.3 is 0 Å². The summed E-state index contributed by atoms with van der Waals surface area (Å²) in [4.78, 5) is 9.90. The molecule has 0 saturated heterocycles. The first-order valence-electron chi connectivity index (χ1n) is 13.8. The highest BCUT2D eigenvalue weighted by atomic mass is 14.9. The van der Waals surface area contributed by atoms with E-state index in [1.54, 1.807) is 0 Å². The van der Waals surface area contributed by atoms with Crippen LogP contribution >= 0.6 is 0 Å². The molecule has 3 nitrogen and oxygen atoms in total. The van der Waals surface area contributed by atoms with Gasteiger partial charge in [0.2, 0.25) is 0 Å². The van der Waals surface area contributed by atoms with E-state index in [0.29, 0.717) is 5.82 Å². The standard InChI is InChI=1S/C38H27N3/c1-38(2)31-17-9-15-29(24-39)35(31)36-30(16-10-18-32(36)38)25-19-21-27(22-20-25)34-23-33(26-11-5-3-6-12-26)40-37(41-34)28-13-7-4-8-14-28/h3-23H,1-2H3. The zero-order chi connectivity index (χ0) is 28.0. The summed E-state index contributed by atoms with van der Waals surface area (Å²) in [6.45, 7) is 4.49. The Kier molecular flexibility index (Phi) is 5.84. The highest BCUT2D eigenvalue weighted by Gasteiger charge is 2.38.